The lowest BCUT2D eigenvalue weighted by molar-refractivity contribution is -0.132. The van der Waals surface area contributed by atoms with Crippen molar-refractivity contribution in [1.82, 2.24) is 9.62 Å². The van der Waals surface area contributed by atoms with Gasteiger partial charge in [-0.1, -0.05) is 29.8 Å². The number of hydrogen-bond donors (Lipinski definition) is 1. The number of nitrogens with one attached hydrogen (secondary N) is 1. The van der Waals surface area contributed by atoms with Gasteiger partial charge in [-0.2, -0.15) is 0 Å². The zero-order valence-electron chi connectivity index (χ0n) is 15.2. The van der Waals surface area contributed by atoms with Gasteiger partial charge >= 0.3 is 0 Å². The molecule has 1 saturated carbocycles. The number of halogens is 1. The first kappa shape index (κ1) is 19.5. The summed E-state index contributed by atoms with van der Waals surface area (Å²) in [6.07, 6.45) is 2.06. The van der Waals surface area contributed by atoms with Gasteiger partial charge in [-0.25, -0.2) is 17.5 Å². The Kier molecular flexibility index (Phi) is 5.92. The van der Waals surface area contributed by atoms with E-state index in [1.54, 1.807) is 0 Å². The molecule has 2 aromatic rings. The van der Waals surface area contributed by atoms with Crippen LogP contribution in [-0.4, -0.2) is 31.8 Å². The van der Waals surface area contributed by atoms with Gasteiger partial charge in [0.15, 0.2) is 0 Å². The molecule has 0 unspecified atom stereocenters. The molecule has 0 radical (unpaired) electrons. The van der Waals surface area contributed by atoms with Crippen molar-refractivity contribution in [2.24, 2.45) is 0 Å². The summed E-state index contributed by atoms with van der Waals surface area (Å²) in [5, 5.41) is 0. The molecule has 1 aliphatic rings. The van der Waals surface area contributed by atoms with Gasteiger partial charge in [-0.15, -0.1) is 0 Å². The summed E-state index contributed by atoms with van der Waals surface area (Å²) < 4.78 is 39.8. The summed E-state index contributed by atoms with van der Waals surface area (Å²) in [6.45, 7) is 2.56. The van der Waals surface area contributed by atoms with Crippen LogP contribution in [-0.2, 0) is 21.4 Å². The molecular formula is C20H23FN2O3S. The van der Waals surface area contributed by atoms with E-state index in [1.807, 2.05) is 36.1 Å². The van der Waals surface area contributed by atoms with Crippen LogP contribution in [0.2, 0.25) is 0 Å². The molecule has 2 aromatic carbocycles. The average Bonchev–Trinajstić information content (AvgIpc) is 3.46. The minimum absolute atomic E-state index is 0.00958. The van der Waals surface area contributed by atoms with Crippen LogP contribution in [0.1, 0.15) is 30.4 Å². The number of sulfonamides is 1. The Labute approximate surface area is 159 Å². The zero-order valence-corrected chi connectivity index (χ0v) is 16.0. The van der Waals surface area contributed by atoms with Crippen molar-refractivity contribution in [1.29, 1.82) is 0 Å². The van der Waals surface area contributed by atoms with Crippen LogP contribution in [0, 0.1) is 12.7 Å². The van der Waals surface area contributed by atoms with E-state index in [1.165, 1.54) is 17.7 Å². The van der Waals surface area contributed by atoms with Crippen LogP contribution in [0.3, 0.4) is 0 Å². The number of rotatable bonds is 8. The van der Waals surface area contributed by atoms with E-state index in [-0.39, 0.29) is 29.8 Å². The predicted octanol–water partition coefficient (Wildman–Crippen LogP) is 2.99. The quantitative estimate of drug-likeness (QED) is 0.754. The molecule has 5 nitrogen and oxygen atoms in total. The molecule has 3 rings (SSSR count). The average molecular weight is 390 g/mol. The number of aryl methyl sites for hydroxylation is 1. The van der Waals surface area contributed by atoms with E-state index in [4.69, 9.17) is 0 Å². The molecule has 0 heterocycles. The summed E-state index contributed by atoms with van der Waals surface area (Å²) >= 11 is 0. The Bertz CT molecular complexity index is 892. The van der Waals surface area contributed by atoms with Crippen molar-refractivity contribution >= 4 is 15.9 Å². The highest BCUT2D eigenvalue weighted by Crippen LogP contribution is 2.29. The Morgan fingerprint density at radius 1 is 1.11 bits per heavy atom. The number of carbonyl (C=O) groups excluding carboxylic acids is 1. The lowest BCUT2D eigenvalue weighted by Crippen LogP contribution is -2.35. The van der Waals surface area contributed by atoms with E-state index in [2.05, 4.69) is 4.72 Å². The first-order valence-corrected chi connectivity index (χ1v) is 10.4. The SMILES string of the molecule is Cc1ccc(CN(C(=O)CCNS(=O)(=O)c2ccc(F)cc2)C2CC2)cc1. The maximum Gasteiger partial charge on any atom is 0.240 e. The van der Waals surface area contributed by atoms with Crippen LogP contribution in [0.5, 0.6) is 0 Å². The van der Waals surface area contributed by atoms with Crippen LogP contribution < -0.4 is 4.72 Å². The van der Waals surface area contributed by atoms with Crippen molar-refractivity contribution in [2.75, 3.05) is 6.54 Å². The Balaban J connectivity index is 1.56. The molecule has 1 aliphatic carbocycles. The molecule has 0 atom stereocenters. The second-order valence-electron chi connectivity index (χ2n) is 6.84. The molecule has 0 saturated heterocycles. The van der Waals surface area contributed by atoms with Gasteiger partial charge in [0.05, 0.1) is 4.90 Å². The Morgan fingerprint density at radius 3 is 2.33 bits per heavy atom. The summed E-state index contributed by atoms with van der Waals surface area (Å²) in [4.78, 5) is 14.4. The summed E-state index contributed by atoms with van der Waals surface area (Å²) in [5.41, 5.74) is 2.23. The lowest BCUT2D eigenvalue weighted by atomic mass is 10.1. The summed E-state index contributed by atoms with van der Waals surface area (Å²) in [7, 11) is -3.75. The van der Waals surface area contributed by atoms with Crippen molar-refractivity contribution in [3.05, 3.63) is 65.5 Å². The monoisotopic (exact) mass is 390 g/mol. The number of carbonyl (C=O) groups is 1. The maximum absolute atomic E-state index is 12.9. The smallest absolute Gasteiger partial charge is 0.240 e. The Morgan fingerprint density at radius 2 is 1.74 bits per heavy atom. The third-order valence-electron chi connectivity index (χ3n) is 4.54. The highest BCUT2D eigenvalue weighted by atomic mass is 32.2. The van der Waals surface area contributed by atoms with Crippen LogP contribution >= 0.6 is 0 Å². The van der Waals surface area contributed by atoms with Gasteiger partial charge in [0.25, 0.3) is 0 Å². The van der Waals surface area contributed by atoms with Crippen LogP contribution in [0.15, 0.2) is 53.4 Å². The third kappa shape index (κ3) is 5.37. The first-order chi connectivity index (χ1) is 12.8. The van der Waals surface area contributed by atoms with Crippen molar-refractivity contribution in [3.63, 3.8) is 0 Å². The summed E-state index contributed by atoms with van der Waals surface area (Å²) in [5.74, 6) is -0.569. The van der Waals surface area contributed by atoms with Gasteiger partial charge in [0.2, 0.25) is 15.9 Å². The van der Waals surface area contributed by atoms with E-state index in [0.29, 0.717) is 6.54 Å². The largest absolute Gasteiger partial charge is 0.335 e. The maximum atomic E-state index is 12.9. The van der Waals surface area contributed by atoms with Crippen LogP contribution in [0.25, 0.3) is 0 Å². The lowest BCUT2D eigenvalue weighted by Gasteiger charge is -2.23. The molecule has 1 fully saturated rings. The van der Waals surface area contributed by atoms with E-state index in [9.17, 15) is 17.6 Å². The van der Waals surface area contributed by atoms with Crippen molar-refractivity contribution in [2.45, 2.75) is 43.7 Å². The van der Waals surface area contributed by atoms with Crippen molar-refractivity contribution < 1.29 is 17.6 Å². The standard InChI is InChI=1S/C20H23FN2O3S/c1-15-2-4-16(5-3-15)14-23(18-8-9-18)20(24)12-13-22-27(25,26)19-10-6-17(21)7-11-19/h2-7,10-11,18,22H,8-9,12-14H2,1H3. The van der Waals surface area contributed by atoms with E-state index < -0.39 is 15.8 Å². The van der Waals surface area contributed by atoms with Gasteiger partial charge < -0.3 is 4.90 Å². The van der Waals surface area contributed by atoms with Gasteiger partial charge in [-0.05, 0) is 49.6 Å². The fourth-order valence-electron chi connectivity index (χ4n) is 2.83. The van der Waals surface area contributed by atoms with Gasteiger partial charge in [0, 0.05) is 25.6 Å². The summed E-state index contributed by atoms with van der Waals surface area (Å²) in [6, 6.07) is 12.9. The normalized spacial score (nSPS) is 14.1. The number of hydrogen-bond acceptors (Lipinski definition) is 3. The molecule has 0 aliphatic heterocycles. The molecule has 27 heavy (non-hydrogen) atoms. The third-order valence-corrected chi connectivity index (χ3v) is 6.01. The number of nitrogens with zero attached hydrogens (tertiary/aromatic N) is 1. The minimum atomic E-state index is -3.75. The fourth-order valence-corrected chi connectivity index (χ4v) is 3.86. The van der Waals surface area contributed by atoms with Gasteiger partial charge in [-0.3, -0.25) is 4.79 Å². The number of amides is 1. The van der Waals surface area contributed by atoms with E-state index in [0.717, 1.165) is 30.5 Å². The highest BCUT2D eigenvalue weighted by Gasteiger charge is 2.32. The molecule has 7 heteroatoms. The fraction of sp³-hybridized carbons (Fsp3) is 0.350. The predicted molar refractivity (Wildman–Crippen MR) is 101 cm³/mol. The zero-order chi connectivity index (χ0) is 19.4. The first-order valence-electron chi connectivity index (χ1n) is 8.95. The highest BCUT2D eigenvalue weighted by molar-refractivity contribution is 7.89. The molecule has 0 aromatic heterocycles. The minimum Gasteiger partial charge on any atom is -0.335 e. The molecule has 144 valence electrons. The van der Waals surface area contributed by atoms with Gasteiger partial charge in [0.1, 0.15) is 5.82 Å². The van der Waals surface area contributed by atoms with Crippen molar-refractivity contribution in [3.8, 4) is 0 Å². The second kappa shape index (κ2) is 8.19. The topological polar surface area (TPSA) is 66.5 Å². The number of benzene rings is 2. The molecule has 1 amide bonds. The molecule has 0 spiro atoms. The molecule has 1 N–H and O–H groups in total. The molecular weight excluding hydrogens is 367 g/mol. The molecule has 0 bridgehead atoms. The Hall–Kier alpha value is -2.25. The second-order valence-corrected chi connectivity index (χ2v) is 8.61. The van der Waals surface area contributed by atoms with Crippen LogP contribution in [0.4, 0.5) is 4.39 Å². The van der Waals surface area contributed by atoms with E-state index >= 15 is 0 Å².